The maximum Gasteiger partial charge on any atom is 0.321 e. The predicted octanol–water partition coefficient (Wildman–Crippen LogP) is 5.37. The van der Waals surface area contributed by atoms with Crippen LogP contribution in [0.2, 0.25) is 0 Å². The highest BCUT2D eigenvalue weighted by Gasteiger charge is 2.25. The van der Waals surface area contributed by atoms with Crippen molar-refractivity contribution in [2.45, 2.75) is 32.1 Å². The Morgan fingerprint density at radius 2 is 2.00 bits per heavy atom. The fraction of sp³-hybridized carbons (Fsp3) is 0.296. The number of hydrogen-bond donors (Lipinski definition) is 1. The molecule has 1 unspecified atom stereocenters. The van der Waals surface area contributed by atoms with Crippen molar-refractivity contribution in [1.82, 2.24) is 19.9 Å². The number of nitrogens with zero attached hydrogens (tertiary/aromatic N) is 5. The minimum atomic E-state index is -0.162. The van der Waals surface area contributed by atoms with Gasteiger partial charge < -0.3 is 15.0 Å². The lowest BCUT2D eigenvalue weighted by Crippen LogP contribution is -2.42. The van der Waals surface area contributed by atoms with Gasteiger partial charge in [-0.2, -0.15) is 5.26 Å². The van der Waals surface area contributed by atoms with Crippen LogP contribution < -0.4 is 10.1 Å². The van der Waals surface area contributed by atoms with Crippen LogP contribution in [0.4, 0.5) is 10.5 Å². The van der Waals surface area contributed by atoms with Gasteiger partial charge in [-0.3, -0.25) is 0 Å². The van der Waals surface area contributed by atoms with E-state index in [2.05, 4.69) is 33.3 Å². The number of amides is 2. The van der Waals surface area contributed by atoms with E-state index in [4.69, 9.17) is 10.00 Å². The van der Waals surface area contributed by atoms with Gasteiger partial charge in [-0.15, -0.1) is 0 Å². The first kappa shape index (κ1) is 22.5. The Bertz CT molecular complexity index is 1280. The Morgan fingerprint density at radius 1 is 1.17 bits per heavy atom. The summed E-state index contributed by atoms with van der Waals surface area (Å²) in [6.07, 6.45) is 10.6. The largest absolute Gasteiger partial charge is 0.424 e. The zero-order valence-corrected chi connectivity index (χ0v) is 19.5. The third-order valence-corrected chi connectivity index (χ3v) is 6.33. The summed E-state index contributed by atoms with van der Waals surface area (Å²) in [5.41, 5.74) is 4.40. The van der Waals surface area contributed by atoms with Gasteiger partial charge in [0.2, 0.25) is 0 Å². The van der Waals surface area contributed by atoms with Crippen molar-refractivity contribution in [2.75, 3.05) is 18.4 Å². The number of rotatable bonds is 5. The van der Waals surface area contributed by atoms with E-state index in [-0.39, 0.29) is 11.9 Å². The van der Waals surface area contributed by atoms with Gasteiger partial charge >= 0.3 is 12.0 Å². The van der Waals surface area contributed by atoms with Crippen LogP contribution in [0, 0.1) is 17.2 Å². The Labute approximate surface area is 204 Å². The molecule has 8 heteroatoms. The summed E-state index contributed by atoms with van der Waals surface area (Å²) in [4.78, 5) is 27.2. The van der Waals surface area contributed by atoms with Crippen LogP contribution in [0.5, 0.6) is 11.8 Å². The number of aromatic nitrogens is 3. The van der Waals surface area contributed by atoms with Crippen LogP contribution in [0.15, 0.2) is 60.6 Å². The zero-order valence-electron chi connectivity index (χ0n) is 19.5. The number of carbonyl (C=O) groups is 1. The summed E-state index contributed by atoms with van der Waals surface area (Å²) in [5, 5.41) is 11.7. The highest BCUT2D eigenvalue weighted by molar-refractivity contribution is 5.89. The summed E-state index contributed by atoms with van der Waals surface area (Å²) in [6, 6.07) is 13.3. The van der Waals surface area contributed by atoms with Gasteiger partial charge in [0.1, 0.15) is 17.5 Å². The fourth-order valence-corrected chi connectivity index (χ4v) is 4.18. The molecule has 1 aliphatic carbocycles. The summed E-state index contributed by atoms with van der Waals surface area (Å²) >= 11 is 0. The Morgan fingerprint density at radius 3 is 2.69 bits per heavy atom. The number of likely N-dealkylation sites (tertiary alicyclic amines) is 1. The van der Waals surface area contributed by atoms with E-state index in [1.807, 2.05) is 47.6 Å². The third kappa shape index (κ3) is 5.64. The first-order chi connectivity index (χ1) is 17.1. The minimum Gasteiger partial charge on any atom is -0.424 e. The van der Waals surface area contributed by atoms with Gasteiger partial charge in [0.25, 0.3) is 0 Å². The smallest absolute Gasteiger partial charge is 0.321 e. The third-order valence-electron chi connectivity index (χ3n) is 6.33. The average molecular weight is 467 g/mol. The van der Waals surface area contributed by atoms with Gasteiger partial charge in [-0.05, 0) is 66.5 Å². The molecular weight excluding hydrogens is 440 g/mol. The van der Waals surface area contributed by atoms with Gasteiger partial charge in [-0.1, -0.05) is 30.7 Å². The Kier molecular flexibility index (Phi) is 6.40. The molecule has 2 amide bonds. The zero-order chi connectivity index (χ0) is 24.2. The number of ether oxygens (including phenoxy) is 1. The maximum atomic E-state index is 12.7. The van der Waals surface area contributed by atoms with E-state index < -0.39 is 0 Å². The molecule has 5 rings (SSSR count). The molecule has 2 fully saturated rings. The van der Waals surface area contributed by atoms with Crippen molar-refractivity contribution >= 4 is 17.8 Å². The van der Waals surface area contributed by atoms with Gasteiger partial charge in [-0.25, -0.2) is 19.7 Å². The minimum absolute atomic E-state index is 0.162. The van der Waals surface area contributed by atoms with Crippen molar-refractivity contribution in [3.8, 4) is 17.8 Å². The van der Waals surface area contributed by atoms with Gasteiger partial charge in [0, 0.05) is 25.5 Å². The van der Waals surface area contributed by atoms with E-state index in [1.54, 1.807) is 12.1 Å². The second-order valence-corrected chi connectivity index (χ2v) is 9.04. The summed E-state index contributed by atoms with van der Waals surface area (Å²) in [5.74, 6) is 1.53. The van der Waals surface area contributed by atoms with Crippen molar-refractivity contribution < 1.29 is 9.53 Å². The monoisotopic (exact) mass is 466 g/mol. The molecule has 1 saturated heterocycles. The maximum absolute atomic E-state index is 12.7. The van der Waals surface area contributed by atoms with Crippen LogP contribution in [0.25, 0.3) is 6.08 Å². The number of urea groups is 1. The molecule has 1 N–H and O–H groups in total. The van der Waals surface area contributed by atoms with Crippen LogP contribution >= 0.6 is 0 Å². The number of hydrogen-bond acceptors (Lipinski definition) is 6. The summed E-state index contributed by atoms with van der Waals surface area (Å²) in [7, 11) is 0. The number of nitriles is 1. The molecule has 1 aliphatic heterocycles. The topological polar surface area (TPSA) is 104 Å². The molecule has 1 saturated carbocycles. The number of nitrogens with one attached hydrogen (secondary N) is 1. The highest BCUT2D eigenvalue weighted by Crippen LogP contribution is 2.39. The number of piperidine rings is 1. The SMILES string of the molecule is CC1CN(C(=O)Nc2ccc(C#N)nc2)CC/C1=C\c1cccc(Oc2ncc(C3CC3)cn2)c1. The van der Waals surface area contributed by atoms with E-state index in [0.717, 1.165) is 12.0 Å². The lowest BCUT2D eigenvalue weighted by molar-refractivity contribution is 0.198. The molecule has 8 nitrogen and oxygen atoms in total. The van der Waals surface area contributed by atoms with E-state index in [1.165, 1.54) is 30.2 Å². The predicted molar refractivity (Wildman–Crippen MR) is 132 cm³/mol. The molecule has 0 spiro atoms. The summed E-state index contributed by atoms with van der Waals surface area (Å²) in [6.45, 7) is 3.38. The van der Waals surface area contributed by atoms with Crippen molar-refractivity contribution in [2.24, 2.45) is 5.92 Å². The number of anilines is 1. The second kappa shape index (κ2) is 9.94. The Hall–Kier alpha value is -4.25. The normalized spacial score (nSPS) is 18.7. The first-order valence-electron chi connectivity index (χ1n) is 11.8. The van der Waals surface area contributed by atoms with Crippen LogP contribution in [0.1, 0.15) is 48.9 Å². The van der Waals surface area contributed by atoms with Crippen molar-refractivity contribution in [1.29, 1.82) is 5.26 Å². The van der Waals surface area contributed by atoms with Crippen LogP contribution in [-0.4, -0.2) is 39.0 Å². The van der Waals surface area contributed by atoms with E-state index in [9.17, 15) is 4.79 Å². The molecular formula is C27H26N6O2. The van der Waals surface area contributed by atoms with E-state index in [0.29, 0.717) is 42.1 Å². The molecule has 1 aromatic carbocycles. The average Bonchev–Trinajstić information content (AvgIpc) is 3.72. The lowest BCUT2D eigenvalue weighted by Gasteiger charge is -2.33. The quantitative estimate of drug-likeness (QED) is 0.542. The molecule has 3 aromatic rings. The first-order valence-corrected chi connectivity index (χ1v) is 11.8. The van der Waals surface area contributed by atoms with Gasteiger partial charge in [0.15, 0.2) is 0 Å². The summed E-state index contributed by atoms with van der Waals surface area (Å²) < 4.78 is 5.87. The standard InChI is InChI=1S/C27H26N6O2/c1-18-17-33(27(34)32-24-8-7-23(13-28)29-16-24)10-9-21(18)11-19-3-2-4-25(12-19)35-26-30-14-22(15-31-26)20-5-6-20/h2-4,7-8,11-12,14-16,18,20H,5-6,9-10,17H2,1H3,(H,32,34)/b21-11+. The molecule has 1 atom stereocenters. The lowest BCUT2D eigenvalue weighted by atomic mass is 9.91. The molecule has 176 valence electrons. The van der Waals surface area contributed by atoms with Crippen molar-refractivity contribution in [3.05, 3.63) is 77.4 Å². The molecule has 35 heavy (non-hydrogen) atoms. The van der Waals surface area contributed by atoms with Crippen LogP contribution in [0.3, 0.4) is 0 Å². The number of pyridine rings is 1. The highest BCUT2D eigenvalue weighted by atomic mass is 16.5. The molecule has 2 aliphatic rings. The van der Waals surface area contributed by atoms with E-state index >= 15 is 0 Å². The van der Waals surface area contributed by atoms with Crippen molar-refractivity contribution in [3.63, 3.8) is 0 Å². The molecule has 3 heterocycles. The number of benzene rings is 1. The molecule has 2 aromatic heterocycles. The Balaban J connectivity index is 1.19. The molecule has 0 bridgehead atoms. The van der Waals surface area contributed by atoms with Gasteiger partial charge in [0.05, 0.1) is 11.9 Å². The second-order valence-electron chi connectivity index (χ2n) is 9.04. The number of carbonyl (C=O) groups excluding carboxylic acids is 1. The fourth-order valence-electron chi connectivity index (χ4n) is 4.18. The molecule has 0 radical (unpaired) electrons. The van der Waals surface area contributed by atoms with Crippen LogP contribution in [-0.2, 0) is 0 Å².